The minimum atomic E-state index is -0.488. The largest absolute Gasteiger partial charge is 0.444 e. The molecule has 1 amide bonds. The van der Waals surface area contributed by atoms with Crippen molar-refractivity contribution in [3.63, 3.8) is 0 Å². The molecular weight excluding hydrogens is 325 g/mol. The van der Waals surface area contributed by atoms with E-state index >= 15 is 0 Å². The molecule has 0 unspecified atom stereocenters. The molecule has 2 N–H and O–H groups in total. The quantitative estimate of drug-likeness (QED) is 0.789. The van der Waals surface area contributed by atoms with Crippen LogP contribution in [0, 0.1) is 0 Å². The average molecular weight is 346 g/mol. The Bertz CT molecular complexity index is 541. The van der Waals surface area contributed by atoms with Crippen LogP contribution in [0.15, 0.2) is 12.1 Å². The summed E-state index contributed by atoms with van der Waals surface area (Å²) in [5.41, 5.74) is 6.53. The fourth-order valence-electron chi connectivity index (χ4n) is 2.33. The molecule has 0 bridgehead atoms. The monoisotopic (exact) mass is 345 g/mol. The Balaban J connectivity index is 2.02. The standard InChI is InChI=1S/C15H21Cl2N3O2/c1-15(2,3)22-14(21)20-6-4-19(5-7-20)13-11(16)8-10(18)9-12(13)17/h8-9H,4-7,18H2,1-3H3. The zero-order valence-electron chi connectivity index (χ0n) is 13.0. The van der Waals surface area contributed by atoms with Gasteiger partial charge in [-0.1, -0.05) is 23.2 Å². The third-order valence-electron chi connectivity index (χ3n) is 3.29. The Morgan fingerprint density at radius 1 is 1.14 bits per heavy atom. The summed E-state index contributed by atoms with van der Waals surface area (Å²) in [4.78, 5) is 15.8. The highest BCUT2D eigenvalue weighted by Crippen LogP contribution is 2.36. The van der Waals surface area contributed by atoms with E-state index in [0.29, 0.717) is 41.9 Å². The summed E-state index contributed by atoms with van der Waals surface area (Å²) in [5.74, 6) is 0. The van der Waals surface area contributed by atoms with Crippen LogP contribution in [0.3, 0.4) is 0 Å². The van der Waals surface area contributed by atoms with Gasteiger partial charge in [-0.2, -0.15) is 0 Å². The molecular formula is C15H21Cl2N3O2. The van der Waals surface area contributed by atoms with Gasteiger partial charge in [-0.25, -0.2) is 4.79 Å². The maximum Gasteiger partial charge on any atom is 0.410 e. The number of carbonyl (C=O) groups excluding carboxylic acids is 1. The van der Waals surface area contributed by atoms with Crippen LogP contribution in [0.1, 0.15) is 20.8 Å². The predicted molar refractivity (Wildman–Crippen MR) is 90.9 cm³/mol. The summed E-state index contributed by atoms with van der Waals surface area (Å²) in [6, 6.07) is 3.37. The van der Waals surface area contributed by atoms with Crippen molar-refractivity contribution in [2.24, 2.45) is 0 Å². The van der Waals surface area contributed by atoms with Crippen LogP contribution in [0.5, 0.6) is 0 Å². The van der Waals surface area contributed by atoms with E-state index in [1.54, 1.807) is 17.0 Å². The third kappa shape index (κ3) is 4.11. The average Bonchev–Trinajstić information content (AvgIpc) is 2.36. The molecule has 1 fully saturated rings. The van der Waals surface area contributed by atoms with Crippen LogP contribution in [-0.4, -0.2) is 42.8 Å². The van der Waals surface area contributed by atoms with E-state index < -0.39 is 5.60 Å². The molecule has 7 heteroatoms. The predicted octanol–water partition coefficient (Wildman–Crippen LogP) is 3.63. The second kappa shape index (κ2) is 6.42. The van der Waals surface area contributed by atoms with Crippen LogP contribution in [0.25, 0.3) is 0 Å². The van der Waals surface area contributed by atoms with Crippen LogP contribution in [-0.2, 0) is 4.74 Å². The molecule has 22 heavy (non-hydrogen) atoms. The van der Waals surface area contributed by atoms with E-state index in [0.717, 1.165) is 5.69 Å². The van der Waals surface area contributed by atoms with E-state index in [1.807, 2.05) is 20.8 Å². The number of halogens is 2. The van der Waals surface area contributed by atoms with Crippen molar-refractivity contribution in [2.45, 2.75) is 26.4 Å². The summed E-state index contributed by atoms with van der Waals surface area (Å²) < 4.78 is 5.38. The molecule has 0 saturated carbocycles. The molecule has 1 aliphatic heterocycles. The van der Waals surface area contributed by atoms with Gasteiger partial charge in [0.05, 0.1) is 15.7 Å². The van der Waals surface area contributed by atoms with Crippen LogP contribution < -0.4 is 10.6 Å². The molecule has 0 aliphatic carbocycles. The second-order valence-corrected chi connectivity index (χ2v) is 7.10. The molecule has 122 valence electrons. The molecule has 1 aromatic rings. The molecule has 0 aromatic heterocycles. The number of amides is 1. The zero-order chi connectivity index (χ0) is 16.5. The zero-order valence-corrected chi connectivity index (χ0v) is 14.5. The summed E-state index contributed by atoms with van der Waals surface area (Å²) in [7, 11) is 0. The molecule has 1 heterocycles. The van der Waals surface area contributed by atoms with Crippen molar-refractivity contribution in [2.75, 3.05) is 36.8 Å². The lowest BCUT2D eigenvalue weighted by atomic mass is 10.2. The molecule has 1 saturated heterocycles. The van der Waals surface area contributed by atoms with Gasteiger partial charge in [0.2, 0.25) is 0 Å². The van der Waals surface area contributed by atoms with Crippen LogP contribution in [0.2, 0.25) is 10.0 Å². The van der Waals surface area contributed by atoms with Gasteiger partial charge in [-0.3, -0.25) is 0 Å². The molecule has 1 aromatic carbocycles. The lowest BCUT2D eigenvalue weighted by Gasteiger charge is -2.37. The van der Waals surface area contributed by atoms with E-state index in [1.165, 1.54) is 0 Å². The van der Waals surface area contributed by atoms with Gasteiger partial charge >= 0.3 is 6.09 Å². The number of hydrogen-bond donors (Lipinski definition) is 1. The first-order valence-electron chi connectivity index (χ1n) is 7.15. The van der Waals surface area contributed by atoms with Crippen LogP contribution in [0.4, 0.5) is 16.2 Å². The minimum absolute atomic E-state index is 0.290. The first kappa shape index (κ1) is 17.0. The van der Waals surface area contributed by atoms with Crippen molar-refractivity contribution < 1.29 is 9.53 Å². The fourth-order valence-corrected chi connectivity index (χ4v) is 3.07. The van der Waals surface area contributed by atoms with Gasteiger partial charge in [-0.15, -0.1) is 0 Å². The Morgan fingerprint density at radius 3 is 2.09 bits per heavy atom. The fraction of sp³-hybridized carbons (Fsp3) is 0.533. The van der Waals surface area contributed by atoms with Gasteiger partial charge in [0.15, 0.2) is 0 Å². The van der Waals surface area contributed by atoms with E-state index in [-0.39, 0.29) is 6.09 Å². The number of piperazine rings is 1. The topological polar surface area (TPSA) is 58.8 Å². The third-order valence-corrected chi connectivity index (χ3v) is 3.86. The molecule has 5 nitrogen and oxygen atoms in total. The van der Waals surface area contributed by atoms with Crippen molar-refractivity contribution in [1.29, 1.82) is 0 Å². The lowest BCUT2D eigenvalue weighted by molar-refractivity contribution is 0.0240. The molecule has 1 aliphatic rings. The van der Waals surface area contributed by atoms with E-state index in [2.05, 4.69) is 4.90 Å². The Kier molecular flexibility index (Phi) is 4.97. The number of anilines is 2. The summed E-state index contributed by atoms with van der Waals surface area (Å²) >= 11 is 12.5. The van der Waals surface area contributed by atoms with Crippen LogP contribution >= 0.6 is 23.2 Å². The Hall–Kier alpha value is -1.33. The number of hydrogen-bond acceptors (Lipinski definition) is 4. The number of nitrogens with two attached hydrogens (primary N) is 1. The van der Waals surface area contributed by atoms with Gasteiger partial charge in [-0.05, 0) is 32.9 Å². The number of nitrogens with zero attached hydrogens (tertiary/aromatic N) is 2. The Labute approximate surface area is 140 Å². The van der Waals surface area contributed by atoms with Crippen molar-refractivity contribution >= 4 is 40.7 Å². The summed E-state index contributed by atoms with van der Waals surface area (Å²) in [6.45, 7) is 7.97. The van der Waals surface area contributed by atoms with Gasteiger partial charge in [0.1, 0.15) is 5.60 Å². The smallest absolute Gasteiger partial charge is 0.410 e. The highest BCUT2D eigenvalue weighted by atomic mass is 35.5. The van der Waals surface area contributed by atoms with Crippen molar-refractivity contribution in [3.8, 4) is 0 Å². The minimum Gasteiger partial charge on any atom is -0.444 e. The second-order valence-electron chi connectivity index (χ2n) is 6.29. The van der Waals surface area contributed by atoms with E-state index in [4.69, 9.17) is 33.7 Å². The summed E-state index contributed by atoms with van der Waals surface area (Å²) in [5, 5.41) is 1.05. The normalized spacial score (nSPS) is 15.9. The van der Waals surface area contributed by atoms with E-state index in [9.17, 15) is 4.79 Å². The maximum atomic E-state index is 12.1. The number of benzene rings is 1. The molecule has 0 radical (unpaired) electrons. The number of carbonyl (C=O) groups is 1. The number of ether oxygens (including phenoxy) is 1. The molecule has 0 spiro atoms. The first-order valence-corrected chi connectivity index (χ1v) is 7.90. The number of rotatable bonds is 1. The summed E-state index contributed by atoms with van der Waals surface area (Å²) in [6.07, 6.45) is -0.290. The highest BCUT2D eigenvalue weighted by molar-refractivity contribution is 6.39. The molecule has 2 rings (SSSR count). The van der Waals surface area contributed by atoms with Gasteiger partial charge in [0.25, 0.3) is 0 Å². The van der Waals surface area contributed by atoms with Gasteiger partial charge < -0.3 is 20.3 Å². The SMILES string of the molecule is CC(C)(C)OC(=O)N1CCN(c2c(Cl)cc(N)cc2Cl)CC1. The number of nitrogen functional groups attached to an aromatic ring is 1. The molecule has 0 atom stereocenters. The van der Waals surface area contributed by atoms with Crippen molar-refractivity contribution in [3.05, 3.63) is 22.2 Å². The first-order chi connectivity index (χ1) is 10.2. The van der Waals surface area contributed by atoms with Gasteiger partial charge in [0, 0.05) is 31.9 Å². The maximum absolute atomic E-state index is 12.1. The lowest BCUT2D eigenvalue weighted by Crippen LogP contribution is -2.50. The Morgan fingerprint density at radius 2 is 1.64 bits per heavy atom. The van der Waals surface area contributed by atoms with Crippen molar-refractivity contribution in [1.82, 2.24) is 4.90 Å². The highest BCUT2D eigenvalue weighted by Gasteiger charge is 2.27.